The molecule has 0 aromatic heterocycles. The highest BCUT2D eigenvalue weighted by molar-refractivity contribution is 6.30. The van der Waals surface area contributed by atoms with Crippen molar-refractivity contribution in [3.63, 3.8) is 0 Å². The average Bonchev–Trinajstić information content (AvgIpc) is 2.34. The SMILES string of the molecule is Cc1cc(Cl)ccc1N(CCN(C)C)CC(C)C(=O)O. The molecule has 1 unspecified atom stereocenters. The first kappa shape index (κ1) is 16.8. The van der Waals surface area contributed by atoms with Crippen molar-refractivity contribution in [3.8, 4) is 0 Å². The molecule has 0 bridgehead atoms. The molecule has 20 heavy (non-hydrogen) atoms. The van der Waals surface area contributed by atoms with E-state index in [9.17, 15) is 4.79 Å². The lowest BCUT2D eigenvalue weighted by Gasteiger charge is -2.29. The highest BCUT2D eigenvalue weighted by Crippen LogP contribution is 2.24. The summed E-state index contributed by atoms with van der Waals surface area (Å²) in [6.45, 7) is 5.87. The van der Waals surface area contributed by atoms with E-state index in [2.05, 4.69) is 9.80 Å². The van der Waals surface area contributed by atoms with Gasteiger partial charge in [0.25, 0.3) is 0 Å². The molecule has 0 saturated heterocycles. The normalized spacial score (nSPS) is 12.5. The predicted molar refractivity (Wildman–Crippen MR) is 83.8 cm³/mol. The van der Waals surface area contributed by atoms with E-state index in [0.717, 1.165) is 24.3 Å². The fourth-order valence-corrected chi connectivity index (χ4v) is 2.24. The molecule has 0 saturated carbocycles. The van der Waals surface area contributed by atoms with Crippen LogP contribution < -0.4 is 4.90 Å². The monoisotopic (exact) mass is 298 g/mol. The second-order valence-electron chi connectivity index (χ2n) is 5.42. The maximum absolute atomic E-state index is 11.1. The number of hydrogen-bond donors (Lipinski definition) is 1. The summed E-state index contributed by atoms with van der Waals surface area (Å²) in [7, 11) is 4.01. The van der Waals surface area contributed by atoms with Gasteiger partial charge in [-0.15, -0.1) is 0 Å². The number of aliphatic carboxylic acids is 1. The van der Waals surface area contributed by atoms with Gasteiger partial charge < -0.3 is 14.9 Å². The van der Waals surface area contributed by atoms with Crippen molar-refractivity contribution in [1.29, 1.82) is 0 Å². The molecule has 4 nitrogen and oxygen atoms in total. The van der Waals surface area contributed by atoms with Crippen LogP contribution in [0.2, 0.25) is 5.02 Å². The molecule has 1 N–H and O–H groups in total. The summed E-state index contributed by atoms with van der Waals surface area (Å²) in [5, 5.41) is 9.81. The summed E-state index contributed by atoms with van der Waals surface area (Å²) in [4.78, 5) is 15.3. The Hall–Kier alpha value is -1.26. The largest absolute Gasteiger partial charge is 0.481 e. The van der Waals surface area contributed by atoms with Crippen molar-refractivity contribution in [2.75, 3.05) is 38.6 Å². The number of rotatable bonds is 7. The van der Waals surface area contributed by atoms with Gasteiger partial charge >= 0.3 is 5.97 Å². The minimum Gasteiger partial charge on any atom is -0.481 e. The number of likely N-dealkylation sites (N-methyl/N-ethyl adjacent to an activating group) is 1. The van der Waals surface area contributed by atoms with Crippen LogP contribution in [0.1, 0.15) is 12.5 Å². The number of carboxylic acids is 1. The highest BCUT2D eigenvalue weighted by Gasteiger charge is 2.18. The van der Waals surface area contributed by atoms with Crippen LogP contribution in [-0.4, -0.2) is 49.7 Å². The lowest BCUT2D eigenvalue weighted by molar-refractivity contribution is -0.140. The van der Waals surface area contributed by atoms with Gasteiger partial charge in [-0.3, -0.25) is 4.79 Å². The number of aryl methyl sites for hydroxylation is 1. The number of hydrogen-bond acceptors (Lipinski definition) is 3. The average molecular weight is 299 g/mol. The molecular weight excluding hydrogens is 276 g/mol. The van der Waals surface area contributed by atoms with Crippen molar-refractivity contribution in [2.45, 2.75) is 13.8 Å². The summed E-state index contributed by atoms with van der Waals surface area (Å²) in [5.74, 6) is -1.18. The first-order valence-electron chi connectivity index (χ1n) is 6.70. The number of halogens is 1. The molecule has 0 aliphatic heterocycles. The van der Waals surface area contributed by atoms with Crippen LogP contribution in [0.25, 0.3) is 0 Å². The molecule has 0 heterocycles. The van der Waals surface area contributed by atoms with Gasteiger partial charge in [0.15, 0.2) is 0 Å². The summed E-state index contributed by atoms with van der Waals surface area (Å²) in [6, 6.07) is 5.71. The van der Waals surface area contributed by atoms with E-state index in [-0.39, 0.29) is 0 Å². The predicted octanol–water partition coefficient (Wildman–Crippen LogP) is 2.74. The second kappa shape index (κ2) is 7.50. The molecule has 0 aliphatic rings. The number of carbonyl (C=O) groups is 1. The molecule has 112 valence electrons. The first-order chi connectivity index (χ1) is 9.31. The van der Waals surface area contributed by atoms with E-state index < -0.39 is 11.9 Å². The Morgan fingerprint density at radius 2 is 2.00 bits per heavy atom. The number of anilines is 1. The van der Waals surface area contributed by atoms with Gasteiger partial charge in [-0.05, 0) is 44.8 Å². The van der Waals surface area contributed by atoms with Gasteiger partial charge in [-0.1, -0.05) is 18.5 Å². The first-order valence-corrected chi connectivity index (χ1v) is 7.07. The zero-order valence-corrected chi connectivity index (χ0v) is 13.3. The van der Waals surface area contributed by atoms with E-state index in [1.54, 1.807) is 6.92 Å². The van der Waals surface area contributed by atoms with Gasteiger partial charge in [-0.25, -0.2) is 0 Å². The number of carboxylic acid groups (broad SMARTS) is 1. The van der Waals surface area contributed by atoms with Gasteiger partial charge in [-0.2, -0.15) is 0 Å². The minimum absolute atomic E-state index is 0.410. The Balaban J connectivity index is 2.93. The molecule has 1 atom stereocenters. The van der Waals surface area contributed by atoms with Crippen LogP contribution in [-0.2, 0) is 4.79 Å². The quantitative estimate of drug-likeness (QED) is 0.840. The van der Waals surface area contributed by atoms with Crippen LogP contribution in [0.5, 0.6) is 0 Å². The molecular formula is C15H23ClN2O2. The van der Waals surface area contributed by atoms with Crippen molar-refractivity contribution in [1.82, 2.24) is 4.90 Å². The highest BCUT2D eigenvalue weighted by atomic mass is 35.5. The Morgan fingerprint density at radius 1 is 1.35 bits per heavy atom. The Bertz CT molecular complexity index is 463. The summed E-state index contributed by atoms with van der Waals surface area (Å²) >= 11 is 5.98. The molecule has 0 radical (unpaired) electrons. The topological polar surface area (TPSA) is 43.8 Å². The van der Waals surface area contributed by atoms with Gasteiger partial charge in [0.2, 0.25) is 0 Å². The van der Waals surface area contributed by atoms with Crippen LogP contribution in [0.15, 0.2) is 18.2 Å². The van der Waals surface area contributed by atoms with E-state index in [1.165, 1.54) is 0 Å². The standard InChI is InChI=1S/C15H23ClN2O2/c1-11-9-13(16)5-6-14(11)18(8-7-17(3)4)10-12(2)15(19)20/h5-6,9,12H,7-8,10H2,1-4H3,(H,19,20). The van der Waals surface area contributed by atoms with Crippen molar-refractivity contribution < 1.29 is 9.90 Å². The van der Waals surface area contributed by atoms with Crippen LogP contribution in [0, 0.1) is 12.8 Å². The minimum atomic E-state index is -0.772. The Morgan fingerprint density at radius 3 is 2.50 bits per heavy atom. The van der Waals surface area contributed by atoms with Crippen molar-refractivity contribution >= 4 is 23.3 Å². The lowest BCUT2D eigenvalue weighted by atomic mass is 10.1. The third kappa shape index (κ3) is 5.02. The van der Waals surface area contributed by atoms with Crippen LogP contribution >= 0.6 is 11.6 Å². The summed E-state index contributed by atoms with van der Waals surface area (Å²) in [5.41, 5.74) is 2.11. The lowest BCUT2D eigenvalue weighted by Crippen LogP contribution is -2.37. The smallest absolute Gasteiger partial charge is 0.308 e. The Labute approximate surface area is 125 Å². The third-order valence-corrected chi connectivity index (χ3v) is 3.47. The van der Waals surface area contributed by atoms with E-state index >= 15 is 0 Å². The zero-order valence-electron chi connectivity index (χ0n) is 12.6. The molecule has 0 fully saturated rings. The zero-order chi connectivity index (χ0) is 15.3. The van der Waals surface area contributed by atoms with Gasteiger partial charge in [0.05, 0.1) is 5.92 Å². The number of benzene rings is 1. The third-order valence-electron chi connectivity index (χ3n) is 3.23. The van der Waals surface area contributed by atoms with E-state index in [4.69, 9.17) is 16.7 Å². The fourth-order valence-electron chi connectivity index (χ4n) is 2.01. The molecule has 0 aliphatic carbocycles. The molecule has 1 aromatic carbocycles. The molecule has 1 rings (SSSR count). The van der Waals surface area contributed by atoms with E-state index in [1.807, 2.05) is 39.2 Å². The molecule has 1 aromatic rings. The summed E-state index contributed by atoms with van der Waals surface area (Å²) < 4.78 is 0. The van der Waals surface area contributed by atoms with Crippen LogP contribution in [0.3, 0.4) is 0 Å². The fraction of sp³-hybridized carbons (Fsp3) is 0.533. The maximum atomic E-state index is 11.1. The molecule has 5 heteroatoms. The second-order valence-corrected chi connectivity index (χ2v) is 5.86. The van der Waals surface area contributed by atoms with Crippen molar-refractivity contribution in [2.24, 2.45) is 5.92 Å². The van der Waals surface area contributed by atoms with Crippen LogP contribution in [0.4, 0.5) is 5.69 Å². The maximum Gasteiger partial charge on any atom is 0.308 e. The van der Waals surface area contributed by atoms with E-state index in [0.29, 0.717) is 11.6 Å². The Kier molecular flexibility index (Phi) is 6.30. The van der Waals surface area contributed by atoms with Crippen molar-refractivity contribution in [3.05, 3.63) is 28.8 Å². The molecule has 0 amide bonds. The van der Waals surface area contributed by atoms with Gasteiger partial charge in [0.1, 0.15) is 0 Å². The molecule has 0 spiro atoms. The number of nitrogens with zero attached hydrogens (tertiary/aromatic N) is 2. The summed E-state index contributed by atoms with van der Waals surface area (Å²) in [6.07, 6.45) is 0. The van der Waals surface area contributed by atoms with Gasteiger partial charge in [0, 0.05) is 30.3 Å².